The van der Waals surface area contributed by atoms with Crippen molar-refractivity contribution in [1.82, 2.24) is 4.31 Å². The first-order chi connectivity index (χ1) is 10.0. The molecule has 0 aromatic heterocycles. The van der Waals surface area contributed by atoms with E-state index in [4.69, 9.17) is 9.84 Å². The molecule has 21 heavy (non-hydrogen) atoms. The molecule has 7 heteroatoms. The molecule has 1 aromatic rings. The van der Waals surface area contributed by atoms with E-state index < -0.39 is 10.2 Å². The van der Waals surface area contributed by atoms with E-state index in [1.165, 1.54) is 4.31 Å². The monoisotopic (exact) mass is 310 g/mol. The predicted molar refractivity (Wildman–Crippen MR) is 80.1 cm³/mol. The Morgan fingerprint density at radius 2 is 2.10 bits per heavy atom. The normalized spacial score (nSPS) is 16.1. The summed E-state index contributed by atoms with van der Waals surface area (Å²) in [6.07, 6.45) is 0. The molecule has 0 bridgehead atoms. The van der Waals surface area contributed by atoms with Crippen LogP contribution in [0.15, 0.2) is 18.2 Å². The Balaban J connectivity index is 2.14. The minimum atomic E-state index is -3.56. The van der Waals surface area contributed by atoms with Gasteiger partial charge in [-0.1, -0.05) is 11.8 Å². The molecule has 0 atom stereocenters. The molecule has 2 rings (SSSR count). The third-order valence-electron chi connectivity index (χ3n) is 3.09. The molecule has 1 aliphatic heterocycles. The Bertz CT molecular complexity index is 655. The van der Waals surface area contributed by atoms with Crippen LogP contribution < -0.4 is 4.72 Å². The molecule has 0 radical (unpaired) electrons. The third-order valence-corrected chi connectivity index (χ3v) is 4.62. The topological polar surface area (TPSA) is 78.9 Å². The smallest absolute Gasteiger partial charge is 0.301 e. The van der Waals surface area contributed by atoms with Gasteiger partial charge >= 0.3 is 10.2 Å². The molecule has 6 nitrogen and oxygen atoms in total. The molecule has 0 amide bonds. The van der Waals surface area contributed by atoms with Crippen LogP contribution in [-0.2, 0) is 14.9 Å². The first-order valence-corrected chi connectivity index (χ1v) is 8.03. The zero-order valence-electron chi connectivity index (χ0n) is 11.8. The van der Waals surface area contributed by atoms with E-state index in [0.717, 1.165) is 11.1 Å². The molecular weight excluding hydrogens is 292 g/mol. The van der Waals surface area contributed by atoms with E-state index in [1.54, 1.807) is 18.2 Å². The van der Waals surface area contributed by atoms with Gasteiger partial charge in [0.1, 0.15) is 6.61 Å². The lowest BCUT2D eigenvalue weighted by Crippen LogP contribution is -2.43. The van der Waals surface area contributed by atoms with E-state index in [-0.39, 0.29) is 6.61 Å². The molecule has 0 saturated carbocycles. The van der Waals surface area contributed by atoms with E-state index in [1.807, 2.05) is 6.92 Å². The van der Waals surface area contributed by atoms with Crippen LogP contribution in [0, 0.1) is 18.8 Å². The van der Waals surface area contributed by atoms with Crippen LogP contribution in [0.3, 0.4) is 0 Å². The van der Waals surface area contributed by atoms with Crippen molar-refractivity contribution in [2.45, 2.75) is 6.92 Å². The average Bonchev–Trinajstić information content (AvgIpc) is 2.47. The molecule has 1 saturated heterocycles. The second-order valence-electron chi connectivity index (χ2n) is 4.61. The highest BCUT2D eigenvalue weighted by molar-refractivity contribution is 7.90. The lowest BCUT2D eigenvalue weighted by molar-refractivity contribution is 0.0733. The van der Waals surface area contributed by atoms with Crippen molar-refractivity contribution in [2.75, 3.05) is 37.6 Å². The fourth-order valence-corrected chi connectivity index (χ4v) is 3.19. The van der Waals surface area contributed by atoms with E-state index in [9.17, 15) is 8.42 Å². The van der Waals surface area contributed by atoms with Gasteiger partial charge in [-0.25, -0.2) is 0 Å². The van der Waals surface area contributed by atoms with Crippen LogP contribution in [0.5, 0.6) is 0 Å². The Hall–Kier alpha value is -1.59. The molecule has 1 fully saturated rings. The summed E-state index contributed by atoms with van der Waals surface area (Å²) in [7, 11) is -3.56. The number of ether oxygens (including phenoxy) is 1. The highest BCUT2D eigenvalue weighted by Gasteiger charge is 2.24. The number of nitrogens with one attached hydrogen (secondary N) is 1. The first-order valence-electron chi connectivity index (χ1n) is 6.59. The standard InChI is InChI=1S/C14H18N2O4S/c1-12-11-14(5-4-13(12)3-2-8-17)15-21(18,19)16-6-9-20-10-7-16/h4-5,11,15,17H,6-10H2,1H3. The number of benzene rings is 1. The van der Waals surface area contributed by atoms with Crippen LogP contribution in [0.25, 0.3) is 0 Å². The number of hydrogen-bond donors (Lipinski definition) is 2. The fraction of sp³-hybridized carbons (Fsp3) is 0.429. The maximum Gasteiger partial charge on any atom is 0.301 e. The van der Waals surface area contributed by atoms with Crippen LogP contribution >= 0.6 is 0 Å². The van der Waals surface area contributed by atoms with E-state index in [2.05, 4.69) is 16.6 Å². The predicted octanol–water partition coefficient (Wildman–Crippen LogP) is 0.328. The number of nitrogens with zero attached hydrogens (tertiary/aromatic N) is 1. The minimum absolute atomic E-state index is 0.204. The summed E-state index contributed by atoms with van der Waals surface area (Å²) in [6.45, 7) is 3.17. The summed E-state index contributed by atoms with van der Waals surface area (Å²) >= 11 is 0. The van der Waals surface area contributed by atoms with Gasteiger partial charge in [-0.2, -0.15) is 12.7 Å². The quantitative estimate of drug-likeness (QED) is 0.789. The second kappa shape index (κ2) is 6.91. The van der Waals surface area contributed by atoms with Crippen molar-refractivity contribution < 1.29 is 18.3 Å². The Morgan fingerprint density at radius 1 is 1.38 bits per heavy atom. The summed E-state index contributed by atoms with van der Waals surface area (Å²) in [5.41, 5.74) is 2.10. The molecular formula is C14H18N2O4S. The number of morpholine rings is 1. The zero-order chi connectivity index (χ0) is 15.3. The summed E-state index contributed by atoms with van der Waals surface area (Å²) in [5.74, 6) is 5.38. The second-order valence-corrected chi connectivity index (χ2v) is 6.28. The molecule has 2 N–H and O–H groups in total. The van der Waals surface area contributed by atoms with Gasteiger partial charge in [-0.15, -0.1) is 0 Å². The van der Waals surface area contributed by atoms with Gasteiger partial charge in [-0.05, 0) is 30.7 Å². The average molecular weight is 310 g/mol. The SMILES string of the molecule is Cc1cc(NS(=O)(=O)N2CCOCC2)ccc1C#CCO. The molecule has 1 heterocycles. The summed E-state index contributed by atoms with van der Waals surface area (Å²) in [6, 6.07) is 5.11. The van der Waals surface area contributed by atoms with Crippen LogP contribution in [0.4, 0.5) is 5.69 Å². The van der Waals surface area contributed by atoms with Gasteiger partial charge in [0, 0.05) is 18.7 Å². The molecule has 0 unspecified atom stereocenters. The summed E-state index contributed by atoms with van der Waals surface area (Å²) in [4.78, 5) is 0. The number of rotatable bonds is 3. The lowest BCUT2D eigenvalue weighted by atomic mass is 10.1. The van der Waals surface area contributed by atoms with Crippen molar-refractivity contribution in [3.05, 3.63) is 29.3 Å². The molecule has 1 aliphatic rings. The number of aryl methyl sites for hydroxylation is 1. The van der Waals surface area contributed by atoms with Gasteiger partial charge in [0.2, 0.25) is 0 Å². The van der Waals surface area contributed by atoms with E-state index in [0.29, 0.717) is 32.0 Å². The van der Waals surface area contributed by atoms with Crippen molar-refractivity contribution >= 4 is 15.9 Å². The lowest BCUT2D eigenvalue weighted by Gasteiger charge is -2.26. The molecule has 1 aromatic carbocycles. The third kappa shape index (κ3) is 4.19. The molecule has 114 valence electrons. The van der Waals surface area contributed by atoms with Crippen molar-refractivity contribution in [2.24, 2.45) is 0 Å². The highest BCUT2D eigenvalue weighted by atomic mass is 32.2. The van der Waals surface area contributed by atoms with Gasteiger partial charge in [-0.3, -0.25) is 4.72 Å². The van der Waals surface area contributed by atoms with Crippen molar-refractivity contribution in [3.8, 4) is 11.8 Å². The van der Waals surface area contributed by atoms with Crippen molar-refractivity contribution in [1.29, 1.82) is 0 Å². The first kappa shape index (κ1) is 15.8. The minimum Gasteiger partial charge on any atom is -0.384 e. The number of aliphatic hydroxyl groups is 1. The van der Waals surface area contributed by atoms with Gasteiger partial charge in [0.25, 0.3) is 0 Å². The Morgan fingerprint density at radius 3 is 2.71 bits per heavy atom. The Kier molecular flexibility index (Phi) is 5.20. The summed E-state index contributed by atoms with van der Waals surface area (Å²) in [5, 5.41) is 8.69. The zero-order valence-corrected chi connectivity index (χ0v) is 12.6. The number of aliphatic hydroxyl groups excluding tert-OH is 1. The fourth-order valence-electron chi connectivity index (χ4n) is 2.00. The largest absolute Gasteiger partial charge is 0.384 e. The van der Waals surface area contributed by atoms with Crippen LogP contribution in [-0.4, -0.2) is 50.7 Å². The maximum atomic E-state index is 12.2. The van der Waals surface area contributed by atoms with E-state index >= 15 is 0 Å². The maximum absolute atomic E-state index is 12.2. The molecule has 0 spiro atoms. The highest BCUT2D eigenvalue weighted by Crippen LogP contribution is 2.17. The van der Waals surface area contributed by atoms with Gasteiger partial charge in [0.15, 0.2) is 0 Å². The van der Waals surface area contributed by atoms with Crippen LogP contribution in [0.1, 0.15) is 11.1 Å². The number of anilines is 1. The Labute approximate surface area is 124 Å². The van der Waals surface area contributed by atoms with Crippen LogP contribution in [0.2, 0.25) is 0 Å². The van der Waals surface area contributed by atoms with Gasteiger partial charge < -0.3 is 9.84 Å². The van der Waals surface area contributed by atoms with Gasteiger partial charge in [0.05, 0.1) is 18.9 Å². The van der Waals surface area contributed by atoms with Crippen molar-refractivity contribution in [3.63, 3.8) is 0 Å². The molecule has 0 aliphatic carbocycles. The number of hydrogen-bond acceptors (Lipinski definition) is 4. The summed E-state index contributed by atoms with van der Waals surface area (Å²) < 4.78 is 33.5.